The zero-order valence-electron chi connectivity index (χ0n) is 14.5. The fraction of sp³-hybridized carbons (Fsp3) is 0.300. The monoisotopic (exact) mass is 353 g/mol. The molecule has 2 amide bonds. The molecule has 2 aromatic carbocycles. The molecule has 0 aromatic heterocycles. The quantitative estimate of drug-likeness (QED) is 0.715. The molecule has 6 heteroatoms. The highest BCUT2D eigenvalue weighted by molar-refractivity contribution is 5.95. The number of para-hydroxylation sites is 1. The van der Waals surface area contributed by atoms with Gasteiger partial charge < -0.3 is 20.7 Å². The van der Waals surface area contributed by atoms with Crippen molar-refractivity contribution in [1.82, 2.24) is 5.32 Å². The van der Waals surface area contributed by atoms with Crippen LogP contribution in [0.2, 0.25) is 0 Å². The van der Waals surface area contributed by atoms with Crippen molar-refractivity contribution in [2.45, 2.75) is 18.9 Å². The van der Waals surface area contributed by atoms with Crippen LogP contribution in [-0.4, -0.2) is 37.6 Å². The summed E-state index contributed by atoms with van der Waals surface area (Å²) in [4.78, 5) is 24.1. The molecule has 6 nitrogen and oxygen atoms in total. The van der Waals surface area contributed by atoms with E-state index in [1.807, 2.05) is 30.3 Å². The largest absolute Gasteiger partial charge is 0.376 e. The Balaban J connectivity index is 1.43. The Hall–Kier alpha value is -2.86. The smallest absolute Gasteiger partial charge is 0.251 e. The third-order valence-corrected chi connectivity index (χ3v) is 4.17. The maximum atomic E-state index is 12.1. The Morgan fingerprint density at radius 1 is 1.00 bits per heavy atom. The summed E-state index contributed by atoms with van der Waals surface area (Å²) in [5.74, 6) is -0.247. The van der Waals surface area contributed by atoms with Gasteiger partial charge in [-0.3, -0.25) is 9.59 Å². The van der Waals surface area contributed by atoms with Crippen molar-refractivity contribution in [2.75, 3.05) is 30.3 Å². The van der Waals surface area contributed by atoms with Gasteiger partial charge in [0.25, 0.3) is 5.91 Å². The predicted octanol–water partition coefficient (Wildman–Crippen LogP) is 2.65. The van der Waals surface area contributed by atoms with Crippen LogP contribution in [0.4, 0.5) is 11.4 Å². The van der Waals surface area contributed by atoms with Crippen LogP contribution in [0.3, 0.4) is 0 Å². The highest BCUT2D eigenvalue weighted by Gasteiger charge is 2.16. The van der Waals surface area contributed by atoms with Gasteiger partial charge in [0.15, 0.2) is 0 Å². The lowest BCUT2D eigenvalue weighted by molar-refractivity contribution is -0.114. The number of anilines is 2. The Morgan fingerprint density at radius 2 is 1.77 bits per heavy atom. The number of ether oxygens (including phenoxy) is 1. The number of benzene rings is 2. The molecule has 1 fully saturated rings. The summed E-state index contributed by atoms with van der Waals surface area (Å²) in [7, 11) is 0. The van der Waals surface area contributed by atoms with E-state index in [4.69, 9.17) is 4.74 Å². The maximum Gasteiger partial charge on any atom is 0.251 e. The van der Waals surface area contributed by atoms with Gasteiger partial charge >= 0.3 is 0 Å². The van der Waals surface area contributed by atoms with E-state index in [0.29, 0.717) is 12.1 Å². The minimum Gasteiger partial charge on any atom is -0.376 e. The Bertz CT molecular complexity index is 726. The first-order valence-corrected chi connectivity index (χ1v) is 8.79. The fourth-order valence-electron chi connectivity index (χ4n) is 2.76. The van der Waals surface area contributed by atoms with E-state index in [1.165, 1.54) is 0 Å². The second-order valence-electron chi connectivity index (χ2n) is 6.19. The summed E-state index contributed by atoms with van der Waals surface area (Å²) >= 11 is 0. The van der Waals surface area contributed by atoms with Crippen LogP contribution in [-0.2, 0) is 9.53 Å². The van der Waals surface area contributed by atoms with Gasteiger partial charge in [-0.05, 0) is 49.2 Å². The van der Waals surface area contributed by atoms with Gasteiger partial charge in [0.05, 0.1) is 12.6 Å². The molecular formula is C20H23N3O3. The molecule has 136 valence electrons. The van der Waals surface area contributed by atoms with Gasteiger partial charge in [0.1, 0.15) is 0 Å². The highest BCUT2D eigenvalue weighted by atomic mass is 16.5. The van der Waals surface area contributed by atoms with Crippen molar-refractivity contribution in [2.24, 2.45) is 0 Å². The predicted molar refractivity (Wildman–Crippen MR) is 101 cm³/mol. The number of carbonyl (C=O) groups excluding carboxylic acids is 2. The van der Waals surface area contributed by atoms with Crippen LogP contribution in [0.15, 0.2) is 54.6 Å². The van der Waals surface area contributed by atoms with Crippen LogP contribution in [0, 0.1) is 0 Å². The molecular weight excluding hydrogens is 330 g/mol. The summed E-state index contributed by atoms with van der Waals surface area (Å²) < 4.78 is 5.49. The molecule has 3 N–H and O–H groups in total. The number of amides is 2. The summed E-state index contributed by atoms with van der Waals surface area (Å²) in [5.41, 5.74) is 2.13. The van der Waals surface area contributed by atoms with E-state index in [-0.39, 0.29) is 24.5 Å². The standard InChI is InChI=1S/C20H23N3O3/c24-19(23-17-5-2-1-3-6-17)14-21-16-10-8-15(9-11-16)20(25)22-13-18-7-4-12-26-18/h1-3,5-6,8-11,18,21H,4,7,12-14H2,(H,22,25)(H,23,24). The molecule has 1 atom stereocenters. The van der Waals surface area contributed by atoms with Gasteiger partial charge in [0.2, 0.25) is 5.91 Å². The summed E-state index contributed by atoms with van der Waals surface area (Å²) in [6.07, 6.45) is 2.18. The third-order valence-electron chi connectivity index (χ3n) is 4.17. The van der Waals surface area contributed by atoms with Crippen molar-refractivity contribution in [3.8, 4) is 0 Å². The van der Waals surface area contributed by atoms with Crippen molar-refractivity contribution in [3.05, 3.63) is 60.2 Å². The van der Waals surface area contributed by atoms with Crippen LogP contribution in [0.5, 0.6) is 0 Å². The van der Waals surface area contributed by atoms with E-state index >= 15 is 0 Å². The molecule has 3 rings (SSSR count). The van der Waals surface area contributed by atoms with E-state index in [9.17, 15) is 9.59 Å². The number of hydrogen-bond acceptors (Lipinski definition) is 4. The molecule has 1 heterocycles. The normalized spacial score (nSPS) is 16.1. The average Bonchev–Trinajstić information content (AvgIpc) is 3.19. The van der Waals surface area contributed by atoms with Gasteiger partial charge in [-0.1, -0.05) is 18.2 Å². The molecule has 1 aliphatic rings. The lowest BCUT2D eigenvalue weighted by atomic mass is 10.2. The summed E-state index contributed by atoms with van der Waals surface area (Å²) in [6, 6.07) is 16.4. The van der Waals surface area contributed by atoms with E-state index in [0.717, 1.165) is 30.8 Å². The Morgan fingerprint density at radius 3 is 2.46 bits per heavy atom. The second-order valence-corrected chi connectivity index (χ2v) is 6.19. The van der Waals surface area contributed by atoms with Crippen molar-refractivity contribution in [3.63, 3.8) is 0 Å². The fourth-order valence-corrected chi connectivity index (χ4v) is 2.76. The molecule has 26 heavy (non-hydrogen) atoms. The topological polar surface area (TPSA) is 79.5 Å². The lowest BCUT2D eigenvalue weighted by Gasteiger charge is -2.11. The van der Waals surface area contributed by atoms with Crippen LogP contribution in [0.1, 0.15) is 23.2 Å². The number of nitrogens with one attached hydrogen (secondary N) is 3. The van der Waals surface area contributed by atoms with Gasteiger partial charge in [-0.25, -0.2) is 0 Å². The number of hydrogen-bond donors (Lipinski definition) is 3. The second kappa shape index (κ2) is 9.01. The molecule has 0 aliphatic carbocycles. The van der Waals surface area contributed by atoms with Crippen LogP contribution in [0.25, 0.3) is 0 Å². The van der Waals surface area contributed by atoms with Crippen LogP contribution >= 0.6 is 0 Å². The first-order valence-electron chi connectivity index (χ1n) is 8.79. The third kappa shape index (κ3) is 5.32. The van der Waals surface area contributed by atoms with Gasteiger partial charge in [-0.2, -0.15) is 0 Å². The summed E-state index contributed by atoms with van der Waals surface area (Å²) in [5, 5.41) is 8.74. The zero-order chi connectivity index (χ0) is 18.2. The number of carbonyl (C=O) groups is 2. The molecule has 1 aliphatic heterocycles. The first-order chi connectivity index (χ1) is 12.7. The molecule has 1 saturated heterocycles. The SMILES string of the molecule is O=C(CNc1ccc(C(=O)NCC2CCCO2)cc1)Nc1ccccc1. The molecule has 1 unspecified atom stereocenters. The van der Waals surface area contributed by atoms with E-state index < -0.39 is 0 Å². The summed E-state index contributed by atoms with van der Waals surface area (Å²) in [6.45, 7) is 1.47. The minimum absolute atomic E-state index is 0.117. The molecule has 0 bridgehead atoms. The van der Waals surface area contributed by atoms with Gasteiger partial charge in [-0.15, -0.1) is 0 Å². The molecule has 2 aromatic rings. The van der Waals surface area contributed by atoms with Crippen molar-refractivity contribution >= 4 is 23.2 Å². The Kier molecular flexibility index (Phi) is 6.22. The van der Waals surface area contributed by atoms with Crippen LogP contribution < -0.4 is 16.0 Å². The number of rotatable bonds is 7. The first kappa shape index (κ1) is 17.9. The lowest BCUT2D eigenvalue weighted by Crippen LogP contribution is -2.31. The van der Waals surface area contributed by atoms with Crippen molar-refractivity contribution in [1.29, 1.82) is 0 Å². The average molecular weight is 353 g/mol. The Labute approximate surface area is 152 Å². The zero-order valence-corrected chi connectivity index (χ0v) is 14.5. The van der Waals surface area contributed by atoms with E-state index in [2.05, 4.69) is 16.0 Å². The molecule has 0 spiro atoms. The molecule has 0 saturated carbocycles. The van der Waals surface area contributed by atoms with E-state index in [1.54, 1.807) is 24.3 Å². The van der Waals surface area contributed by atoms with Crippen molar-refractivity contribution < 1.29 is 14.3 Å². The minimum atomic E-state index is -0.130. The van der Waals surface area contributed by atoms with Gasteiger partial charge in [0, 0.05) is 30.1 Å². The molecule has 0 radical (unpaired) electrons. The maximum absolute atomic E-state index is 12.1. The highest BCUT2D eigenvalue weighted by Crippen LogP contribution is 2.12.